The Balaban J connectivity index is 1.85. The molecule has 154 valence electrons. The SMILES string of the molecule is CCOC(=O)c1c(NC(=O)CN2c3ccccc3CC[C@@H]2C)sc(C(N)=O)c1C. The number of aryl methyl sites for hydroxylation is 1. The molecule has 1 aliphatic heterocycles. The molecule has 3 rings (SSSR count). The van der Waals surface area contributed by atoms with E-state index in [1.807, 2.05) is 18.2 Å². The molecule has 1 atom stereocenters. The fraction of sp³-hybridized carbons (Fsp3) is 0.381. The minimum atomic E-state index is -0.642. The first-order valence-electron chi connectivity index (χ1n) is 9.58. The number of carbonyl (C=O) groups is 3. The number of thiophene rings is 1. The van der Waals surface area contributed by atoms with E-state index in [1.54, 1.807) is 13.8 Å². The molecule has 2 amide bonds. The predicted molar refractivity (Wildman–Crippen MR) is 114 cm³/mol. The second-order valence-corrected chi connectivity index (χ2v) is 8.06. The highest BCUT2D eigenvalue weighted by Gasteiger charge is 2.28. The van der Waals surface area contributed by atoms with Crippen LogP contribution in [0.5, 0.6) is 0 Å². The van der Waals surface area contributed by atoms with Crippen LogP contribution in [-0.2, 0) is 16.0 Å². The lowest BCUT2D eigenvalue weighted by Gasteiger charge is -2.36. The van der Waals surface area contributed by atoms with Crippen LogP contribution in [-0.4, -0.2) is 37.0 Å². The number of para-hydroxylation sites is 1. The van der Waals surface area contributed by atoms with E-state index in [-0.39, 0.29) is 40.5 Å². The molecule has 1 aromatic heterocycles. The topological polar surface area (TPSA) is 102 Å². The summed E-state index contributed by atoms with van der Waals surface area (Å²) >= 11 is 0.999. The van der Waals surface area contributed by atoms with E-state index in [4.69, 9.17) is 10.5 Å². The largest absolute Gasteiger partial charge is 0.462 e. The maximum absolute atomic E-state index is 12.8. The molecule has 0 bridgehead atoms. The number of hydrogen-bond donors (Lipinski definition) is 2. The standard InChI is InChI=1S/C21H25N3O4S/c1-4-28-21(27)17-13(3)18(19(22)26)29-20(17)23-16(25)11-24-12(2)9-10-14-7-5-6-8-15(14)24/h5-8,12H,4,9-11H2,1-3H3,(H2,22,26)(H,23,25)/t12-/m0/s1. The molecule has 3 N–H and O–H groups in total. The van der Waals surface area contributed by atoms with Crippen molar-refractivity contribution in [2.24, 2.45) is 5.73 Å². The molecule has 0 radical (unpaired) electrons. The fourth-order valence-corrected chi connectivity index (χ4v) is 4.67. The average Bonchev–Trinajstić information content (AvgIpc) is 3.00. The maximum Gasteiger partial charge on any atom is 0.341 e. The van der Waals surface area contributed by atoms with Gasteiger partial charge < -0.3 is 20.7 Å². The molecule has 1 aromatic carbocycles. The molecule has 0 fully saturated rings. The van der Waals surface area contributed by atoms with E-state index in [0.717, 1.165) is 29.9 Å². The third kappa shape index (κ3) is 4.27. The summed E-state index contributed by atoms with van der Waals surface area (Å²) in [6.07, 6.45) is 1.94. The van der Waals surface area contributed by atoms with Crippen LogP contribution in [0, 0.1) is 6.92 Å². The number of anilines is 2. The second kappa shape index (κ2) is 8.65. The highest BCUT2D eigenvalue weighted by molar-refractivity contribution is 7.18. The van der Waals surface area contributed by atoms with Crippen LogP contribution in [0.15, 0.2) is 24.3 Å². The minimum absolute atomic E-state index is 0.142. The van der Waals surface area contributed by atoms with Gasteiger partial charge in [-0.2, -0.15) is 0 Å². The molecule has 2 heterocycles. The molecular formula is C21H25N3O4S. The monoisotopic (exact) mass is 415 g/mol. The number of fused-ring (bicyclic) bond motifs is 1. The number of nitrogens with one attached hydrogen (secondary N) is 1. The average molecular weight is 416 g/mol. The summed E-state index contributed by atoms with van der Waals surface area (Å²) < 4.78 is 5.09. The molecule has 0 unspecified atom stereocenters. The van der Waals surface area contributed by atoms with Crippen molar-refractivity contribution in [1.82, 2.24) is 0 Å². The van der Waals surface area contributed by atoms with Gasteiger partial charge in [-0.1, -0.05) is 18.2 Å². The Kier molecular flexibility index (Phi) is 6.22. The summed E-state index contributed by atoms with van der Waals surface area (Å²) in [4.78, 5) is 39.2. The number of nitrogens with zero attached hydrogens (tertiary/aromatic N) is 1. The van der Waals surface area contributed by atoms with Crippen LogP contribution >= 0.6 is 11.3 Å². The van der Waals surface area contributed by atoms with Gasteiger partial charge in [0.05, 0.1) is 23.6 Å². The Labute approximate surface area is 173 Å². The summed E-state index contributed by atoms with van der Waals surface area (Å²) in [5, 5.41) is 3.08. The zero-order valence-electron chi connectivity index (χ0n) is 16.8. The van der Waals surface area contributed by atoms with Gasteiger partial charge in [-0.05, 0) is 50.8 Å². The first-order chi connectivity index (χ1) is 13.8. The van der Waals surface area contributed by atoms with Crippen molar-refractivity contribution in [2.75, 3.05) is 23.4 Å². The second-order valence-electron chi connectivity index (χ2n) is 7.04. The third-order valence-electron chi connectivity index (χ3n) is 5.08. The molecule has 0 saturated heterocycles. The lowest BCUT2D eigenvalue weighted by Crippen LogP contribution is -2.42. The van der Waals surface area contributed by atoms with Crippen molar-refractivity contribution in [3.05, 3.63) is 45.8 Å². The molecular weight excluding hydrogens is 390 g/mol. The number of esters is 1. The van der Waals surface area contributed by atoms with Gasteiger partial charge in [-0.15, -0.1) is 11.3 Å². The normalized spacial score (nSPS) is 15.6. The summed E-state index contributed by atoms with van der Waals surface area (Å²) in [5.74, 6) is -1.49. The van der Waals surface area contributed by atoms with E-state index in [1.165, 1.54) is 5.56 Å². The number of carbonyl (C=O) groups excluding carboxylic acids is 3. The molecule has 0 aliphatic carbocycles. The quantitative estimate of drug-likeness (QED) is 0.706. The first-order valence-corrected chi connectivity index (χ1v) is 10.4. The molecule has 0 saturated carbocycles. The van der Waals surface area contributed by atoms with Gasteiger partial charge in [0.1, 0.15) is 5.00 Å². The Morgan fingerprint density at radius 2 is 2.03 bits per heavy atom. The molecule has 8 heteroatoms. The highest BCUT2D eigenvalue weighted by Crippen LogP contribution is 2.34. The Morgan fingerprint density at radius 3 is 2.72 bits per heavy atom. The Morgan fingerprint density at radius 1 is 1.31 bits per heavy atom. The summed E-state index contributed by atoms with van der Waals surface area (Å²) in [6, 6.07) is 8.27. The van der Waals surface area contributed by atoms with Gasteiger partial charge in [-0.25, -0.2) is 4.79 Å². The molecule has 0 spiro atoms. The molecule has 2 aromatic rings. The summed E-state index contributed by atoms with van der Waals surface area (Å²) in [6.45, 7) is 5.75. The minimum Gasteiger partial charge on any atom is -0.462 e. The Hall–Kier alpha value is -2.87. The zero-order chi connectivity index (χ0) is 21.1. The van der Waals surface area contributed by atoms with Crippen LogP contribution in [0.3, 0.4) is 0 Å². The van der Waals surface area contributed by atoms with Crippen LogP contribution in [0.2, 0.25) is 0 Å². The van der Waals surface area contributed by atoms with Crippen molar-refractivity contribution < 1.29 is 19.1 Å². The van der Waals surface area contributed by atoms with Crippen molar-refractivity contribution in [3.8, 4) is 0 Å². The highest BCUT2D eigenvalue weighted by atomic mass is 32.1. The maximum atomic E-state index is 12.8. The third-order valence-corrected chi connectivity index (χ3v) is 6.30. The lowest BCUT2D eigenvalue weighted by atomic mass is 9.96. The van der Waals surface area contributed by atoms with Gasteiger partial charge in [0, 0.05) is 11.7 Å². The smallest absolute Gasteiger partial charge is 0.341 e. The lowest BCUT2D eigenvalue weighted by molar-refractivity contribution is -0.115. The van der Waals surface area contributed by atoms with E-state index < -0.39 is 11.9 Å². The number of ether oxygens (including phenoxy) is 1. The van der Waals surface area contributed by atoms with Crippen LogP contribution in [0.1, 0.15) is 51.4 Å². The van der Waals surface area contributed by atoms with E-state index >= 15 is 0 Å². The number of nitrogens with two attached hydrogens (primary N) is 1. The van der Waals surface area contributed by atoms with E-state index in [0.29, 0.717) is 5.56 Å². The number of hydrogen-bond acceptors (Lipinski definition) is 6. The van der Waals surface area contributed by atoms with Crippen LogP contribution in [0.4, 0.5) is 10.7 Å². The van der Waals surface area contributed by atoms with E-state index in [2.05, 4.69) is 23.2 Å². The van der Waals surface area contributed by atoms with E-state index in [9.17, 15) is 14.4 Å². The number of benzene rings is 1. The first kappa shape index (κ1) is 20.9. The van der Waals surface area contributed by atoms with Gasteiger partial charge in [-0.3, -0.25) is 9.59 Å². The Bertz CT molecular complexity index is 953. The van der Waals surface area contributed by atoms with Crippen LogP contribution < -0.4 is 16.0 Å². The molecule has 7 nitrogen and oxygen atoms in total. The molecule has 1 aliphatic rings. The van der Waals surface area contributed by atoms with Crippen molar-refractivity contribution in [3.63, 3.8) is 0 Å². The van der Waals surface area contributed by atoms with Crippen molar-refractivity contribution in [2.45, 2.75) is 39.7 Å². The number of primary amides is 1. The van der Waals surface area contributed by atoms with Gasteiger partial charge in [0.25, 0.3) is 5.91 Å². The van der Waals surface area contributed by atoms with Gasteiger partial charge in [0.2, 0.25) is 5.91 Å². The summed E-state index contributed by atoms with van der Waals surface area (Å²) in [7, 11) is 0. The zero-order valence-corrected chi connectivity index (χ0v) is 17.6. The van der Waals surface area contributed by atoms with Crippen molar-refractivity contribution in [1.29, 1.82) is 0 Å². The van der Waals surface area contributed by atoms with Gasteiger partial charge in [0.15, 0.2) is 0 Å². The number of amides is 2. The van der Waals surface area contributed by atoms with Gasteiger partial charge >= 0.3 is 5.97 Å². The van der Waals surface area contributed by atoms with Crippen molar-refractivity contribution >= 4 is 39.8 Å². The van der Waals surface area contributed by atoms with Crippen LogP contribution in [0.25, 0.3) is 0 Å². The number of rotatable bonds is 6. The predicted octanol–water partition coefficient (Wildman–Crippen LogP) is 3.11. The summed E-state index contributed by atoms with van der Waals surface area (Å²) in [5.41, 5.74) is 8.30. The fourth-order valence-electron chi connectivity index (χ4n) is 3.61. The molecule has 29 heavy (non-hydrogen) atoms.